The normalized spacial score (nSPS) is 14.9. The summed E-state index contributed by atoms with van der Waals surface area (Å²) in [5, 5.41) is 1.09. The second kappa shape index (κ2) is 10.6. The molecule has 1 aliphatic rings. The Labute approximate surface area is 187 Å². The van der Waals surface area contributed by atoms with Crippen molar-refractivity contribution in [3.63, 3.8) is 0 Å². The highest BCUT2D eigenvalue weighted by molar-refractivity contribution is 5.95. The van der Waals surface area contributed by atoms with Gasteiger partial charge in [-0.2, -0.15) is 0 Å². The molecule has 0 atom stereocenters. The number of H-pyrrole nitrogens is 1. The highest BCUT2D eigenvalue weighted by atomic mass is 19.1. The summed E-state index contributed by atoms with van der Waals surface area (Å²) in [5.74, 6) is -0.984. The van der Waals surface area contributed by atoms with Crippen LogP contribution in [0.4, 0.5) is 14.5 Å². The lowest BCUT2D eigenvalue weighted by Crippen LogP contribution is -2.37. The van der Waals surface area contributed by atoms with Crippen LogP contribution in [0.2, 0.25) is 0 Å². The molecule has 4 rings (SSSR count). The molecule has 0 spiro atoms. The average Bonchev–Trinajstić information content (AvgIpc) is 3.21. The fraction of sp³-hybridized carbons (Fsp3) is 0.400. The molecule has 0 saturated carbocycles. The molecule has 1 saturated heterocycles. The van der Waals surface area contributed by atoms with Crippen LogP contribution < -0.4 is 5.73 Å². The van der Waals surface area contributed by atoms with Crippen molar-refractivity contribution in [3.8, 4) is 0 Å². The van der Waals surface area contributed by atoms with Gasteiger partial charge in [-0.25, -0.2) is 13.6 Å². The third-order valence-electron chi connectivity index (χ3n) is 5.83. The number of ether oxygens (including phenoxy) is 1. The number of anilines is 1. The van der Waals surface area contributed by atoms with E-state index in [4.69, 9.17) is 10.5 Å². The van der Waals surface area contributed by atoms with Crippen LogP contribution in [0.5, 0.6) is 0 Å². The topological polar surface area (TPSA) is 71.3 Å². The van der Waals surface area contributed by atoms with Crippen molar-refractivity contribution in [3.05, 3.63) is 65.4 Å². The van der Waals surface area contributed by atoms with Crippen molar-refractivity contribution in [1.82, 2.24) is 9.88 Å². The molecule has 172 valence electrons. The van der Waals surface area contributed by atoms with Crippen LogP contribution in [0.1, 0.15) is 55.6 Å². The first kappa shape index (κ1) is 23.7. The Morgan fingerprint density at radius 1 is 1.16 bits per heavy atom. The van der Waals surface area contributed by atoms with Crippen LogP contribution in [0.15, 0.2) is 42.5 Å². The zero-order valence-corrected chi connectivity index (χ0v) is 18.8. The minimum Gasteiger partial charge on any atom is -0.461 e. The van der Waals surface area contributed by atoms with Crippen LogP contribution in [-0.4, -0.2) is 41.6 Å². The molecule has 3 N–H and O–H groups in total. The molecule has 0 amide bonds. The van der Waals surface area contributed by atoms with Crippen molar-refractivity contribution >= 4 is 22.6 Å². The third-order valence-corrected chi connectivity index (χ3v) is 5.83. The Kier molecular flexibility index (Phi) is 7.85. The molecule has 1 fully saturated rings. The van der Waals surface area contributed by atoms with Gasteiger partial charge in [0, 0.05) is 23.0 Å². The number of nitrogen functional groups attached to an aromatic ring is 1. The van der Waals surface area contributed by atoms with E-state index in [1.165, 1.54) is 37.6 Å². The molecular formula is C25H31F2N3O2. The molecule has 1 aromatic heterocycles. The van der Waals surface area contributed by atoms with E-state index in [0.717, 1.165) is 23.0 Å². The fourth-order valence-electron chi connectivity index (χ4n) is 3.97. The molecule has 0 bridgehead atoms. The van der Waals surface area contributed by atoms with Gasteiger partial charge in [-0.05, 0) is 88.5 Å². The van der Waals surface area contributed by atoms with Crippen molar-refractivity contribution < 1.29 is 18.3 Å². The summed E-state index contributed by atoms with van der Waals surface area (Å²) in [6.07, 6.45) is 2.41. The van der Waals surface area contributed by atoms with Crippen LogP contribution in [0, 0.1) is 11.6 Å². The number of likely N-dealkylation sites (tertiary alicyclic amines) is 1. The first-order valence-corrected chi connectivity index (χ1v) is 11.0. The van der Waals surface area contributed by atoms with E-state index < -0.39 is 11.6 Å². The number of halogens is 2. The number of nitrogens with one attached hydrogen (secondary N) is 1. The molecule has 5 nitrogen and oxygen atoms in total. The number of carbonyl (C=O) groups excluding carboxylic acids is 1. The van der Waals surface area contributed by atoms with Crippen LogP contribution in [0.25, 0.3) is 10.9 Å². The summed E-state index contributed by atoms with van der Waals surface area (Å²) in [7, 11) is 0. The number of esters is 1. The Morgan fingerprint density at radius 2 is 1.88 bits per heavy atom. The van der Waals surface area contributed by atoms with E-state index in [2.05, 4.69) is 41.9 Å². The van der Waals surface area contributed by atoms with Crippen molar-refractivity contribution in [1.29, 1.82) is 0 Å². The molecule has 2 heterocycles. The Morgan fingerprint density at radius 3 is 2.47 bits per heavy atom. The largest absolute Gasteiger partial charge is 0.461 e. The standard InChI is InChI=1S/C19H26N2O2.C6H5F2N/c1-4-23-19(22)18-12-16-11-15(5-6-17(16)20-18)14-7-9-21(10-8-14)13(2)3;7-4-1-2-6(9)5(8)3-4/h5-6,11-14,20H,4,7-10H2,1-3H3;1-3H,9H2. The zero-order valence-electron chi connectivity index (χ0n) is 18.8. The molecule has 7 heteroatoms. The van der Waals surface area contributed by atoms with Gasteiger partial charge in [0.25, 0.3) is 0 Å². The lowest BCUT2D eigenvalue weighted by Gasteiger charge is -2.34. The molecule has 1 aliphatic heterocycles. The number of aromatic nitrogens is 1. The van der Waals surface area contributed by atoms with Gasteiger partial charge in [0.05, 0.1) is 12.3 Å². The van der Waals surface area contributed by atoms with Crippen molar-refractivity contribution in [2.24, 2.45) is 0 Å². The Hall–Kier alpha value is -2.93. The zero-order chi connectivity index (χ0) is 23.3. The number of aromatic amines is 1. The second-order valence-electron chi connectivity index (χ2n) is 8.32. The highest BCUT2D eigenvalue weighted by Gasteiger charge is 2.22. The van der Waals surface area contributed by atoms with Gasteiger partial charge in [-0.3, -0.25) is 0 Å². The van der Waals surface area contributed by atoms with Crippen LogP contribution in [0.3, 0.4) is 0 Å². The molecule has 0 radical (unpaired) electrons. The average molecular weight is 444 g/mol. The monoisotopic (exact) mass is 443 g/mol. The van der Waals surface area contributed by atoms with Crippen molar-refractivity contribution in [2.45, 2.75) is 45.6 Å². The van der Waals surface area contributed by atoms with Gasteiger partial charge in [-0.1, -0.05) is 6.07 Å². The van der Waals surface area contributed by atoms with E-state index in [0.29, 0.717) is 24.3 Å². The number of hydrogen-bond donors (Lipinski definition) is 2. The summed E-state index contributed by atoms with van der Waals surface area (Å²) in [5.41, 5.74) is 7.93. The minimum atomic E-state index is -0.713. The van der Waals surface area contributed by atoms with Gasteiger partial charge in [0.2, 0.25) is 0 Å². The molecule has 0 aliphatic carbocycles. The fourth-order valence-corrected chi connectivity index (χ4v) is 3.97. The summed E-state index contributed by atoms with van der Waals surface area (Å²) in [6, 6.07) is 12.1. The van der Waals surface area contributed by atoms with Gasteiger partial charge in [0.15, 0.2) is 0 Å². The van der Waals surface area contributed by atoms with Crippen LogP contribution >= 0.6 is 0 Å². The summed E-state index contributed by atoms with van der Waals surface area (Å²) in [6.45, 7) is 9.09. The number of nitrogens with two attached hydrogens (primary N) is 1. The van der Waals surface area contributed by atoms with Gasteiger partial charge >= 0.3 is 5.97 Å². The predicted molar refractivity (Wildman–Crippen MR) is 124 cm³/mol. The number of fused-ring (bicyclic) bond motifs is 1. The van der Waals surface area contributed by atoms with E-state index >= 15 is 0 Å². The first-order chi connectivity index (χ1) is 15.3. The number of benzene rings is 2. The van der Waals surface area contributed by atoms with E-state index in [9.17, 15) is 13.6 Å². The van der Waals surface area contributed by atoms with Crippen molar-refractivity contribution in [2.75, 3.05) is 25.4 Å². The third kappa shape index (κ3) is 5.85. The lowest BCUT2D eigenvalue weighted by molar-refractivity contribution is 0.0520. The quantitative estimate of drug-likeness (QED) is 0.414. The number of rotatable bonds is 4. The maximum Gasteiger partial charge on any atom is 0.354 e. The van der Waals surface area contributed by atoms with E-state index in [1.54, 1.807) is 0 Å². The van der Waals surface area contributed by atoms with Gasteiger partial charge in [-0.15, -0.1) is 0 Å². The highest BCUT2D eigenvalue weighted by Crippen LogP contribution is 2.31. The number of piperidine rings is 1. The minimum absolute atomic E-state index is 0.0311. The molecule has 32 heavy (non-hydrogen) atoms. The molecule has 2 aromatic carbocycles. The SMILES string of the molecule is CCOC(=O)c1cc2cc(C3CCN(C(C)C)CC3)ccc2[nH]1.Nc1ccc(F)cc1F. The first-order valence-electron chi connectivity index (χ1n) is 11.0. The summed E-state index contributed by atoms with van der Waals surface area (Å²) < 4.78 is 29.3. The number of hydrogen-bond acceptors (Lipinski definition) is 4. The van der Waals surface area contributed by atoms with Gasteiger partial charge in [0.1, 0.15) is 17.3 Å². The number of nitrogens with zero attached hydrogens (tertiary/aromatic N) is 1. The summed E-state index contributed by atoms with van der Waals surface area (Å²) in [4.78, 5) is 17.5. The summed E-state index contributed by atoms with van der Waals surface area (Å²) >= 11 is 0. The van der Waals surface area contributed by atoms with Crippen LogP contribution in [-0.2, 0) is 4.74 Å². The Balaban J connectivity index is 0.000000269. The maximum absolute atomic E-state index is 12.2. The maximum atomic E-state index is 12.2. The smallest absolute Gasteiger partial charge is 0.354 e. The molecule has 3 aromatic rings. The van der Waals surface area contributed by atoms with E-state index in [-0.39, 0.29) is 11.7 Å². The Bertz CT molecular complexity index is 1060. The van der Waals surface area contributed by atoms with E-state index in [1.807, 2.05) is 13.0 Å². The second-order valence-corrected chi connectivity index (χ2v) is 8.32. The molecule has 0 unspecified atom stereocenters. The lowest BCUT2D eigenvalue weighted by atomic mass is 9.88. The predicted octanol–water partition coefficient (Wildman–Crippen LogP) is 5.48. The molecular weight excluding hydrogens is 412 g/mol. The number of carbonyl (C=O) groups is 1. The van der Waals surface area contributed by atoms with Gasteiger partial charge < -0.3 is 20.4 Å².